The lowest BCUT2D eigenvalue weighted by Gasteiger charge is -2.39. The second kappa shape index (κ2) is 7.51. The summed E-state index contributed by atoms with van der Waals surface area (Å²) in [5.74, 6) is 2.00. The van der Waals surface area contributed by atoms with Crippen LogP contribution >= 0.6 is 0 Å². The number of rotatable bonds is 5. The van der Waals surface area contributed by atoms with Crippen molar-refractivity contribution in [3.05, 3.63) is 83.4 Å². The van der Waals surface area contributed by atoms with Crippen LogP contribution in [0.4, 0.5) is 0 Å². The van der Waals surface area contributed by atoms with Crippen LogP contribution < -0.4 is 18.9 Å². The SMILES string of the molecule is COc1cc(OC)c2c(c1)OC(c1ccccc1)(c1ccccc1OC)CC2=O. The molecule has 0 radical (unpaired) electrons. The van der Waals surface area contributed by atoms with Crippen molar-refractivity contribution in [2.24, 2.45) is 0 Å². The van der Waals surface area contributed by atoms with E-state index in [2.05, 4.69) is 0 Å². The number of Topliss-reactive ketones (excluding diaryl/α,β-unsaturated/α-hetero) is 1. The Kier molecular flexibility index (Phi) is 4.89. The van der Waals surface area contributed by atoms with Crippen LogP contribution in [0.2, 0.25) is 0 Å². The van der Waals surface area contributed by atoms with Gasteiger partial charge in [0.2, 0.25) is 0 Å². The fourth-order valence-electron chi connectivity index (χ4n) is 3.89. The van der Waals surface area contributed by atoms with Gasteiger partial charge in [0.15, 0.2) is 11.4 Å². The van der Waals surface area contributed by atoms with Crippen molar-refractivity contribution < 1.29 is 23.7 Å². The lowest BCUT2D eigenvalue weighted by molar-refractivity contribution is 0.0598. The Balaban J connectivity index is 1.99. The van der Waals surface area contributed by atoms with Crippen molar-refractivity contribution in [3.63, 3.8) is 0 Å². The molecule has 0 fully saturated rings. The van der Waals surface area contributed by atoms with Crippen molar-refractivity contribution in [3.8, 4) is 23.0 Å². The molecule has 0 saturated carbocycles. The van der Waals surface area contributed by atoms with Crippen LogP contribution in [0, 0.1) is 0 Å². The van der Waals surface area contributed by atoms with Crippen molar-refractivity contribution in [1.82, 2.24) is 0 Å². The summed E-state index contributed by atoms with van der Waals surface area (Å²) in [5, 5.41) is 0. The number of para-hydroxylation sites is 1. The van der Waals surface area contributed by atoms with E-state index in [1.807, 2.05) is 54.6 Å². The Hall–Kier alpha value is -3.47. The molecule has 1 heterocycles. The fraction of sp³-hybridized carbons (Fsp3) is 0.208. The van der Waals surface area contributed by atoms with Crippen molar-refractivity contribution in [2.75, 3.05) is 21.3 Å². The van der Waals surface area contributed by atoms with Gasteiger partial charge in [-0.25, -0.2) is 0 Å². The molecule has 0 bridgehead atoms. The summed E-state index contributed by atoms with van der Waals surface area (Å²) in [6, 6.07) is 20.7. The second-order valence-corrected chi connectivity index (χ2v) is 6.80. The lowest BCUT2D eigenvalue weighted by atomic mass is 9.78. The van der Waals surface area contributed by atoms with Gasteiger partial charge in [-0.3, -0.25) is 4.79 Å². The van der Waals surface area contributed by atoms with Gasteiger partial charge < -0.3 is 18.9 Å². The Morgan fingerprint density at radius 1 is 0.828 bits per heavy atom. The number of hydrogen-bond acceptors (Lipinski definition) is 5. The molecule has 29 heavy (non-hydrogen) atoms. The van der Waals surface area contributed by atoms with E-state index >= 15 is 0 Å². The van der Waals surface area contributed by atoms with Gasteiger partial charge >= 0.3 is 0 Å². The highest BCUT2D eigenvalue weighted by molar-refractivity contribution is 6.03. The zero-order valence-electron chi connectivity index (χ0n) is 16.6. The van der Waals surface area contributed by atoms with Crippen LogP contribution in [-0.4, -0.2) is 27.1 Å². The first kappa shape index (κ1) is 18.9. The van der Waals surface area contributed by atoms with E-state index in [-0.39, 0.29) is 12.2 Å². The molecule has 4 rings (SSSR count). The first-order valence-electron chi connectivity index (χ1n) is 9.30. The van der Waals surface area contributed by atoms with Gasteiger partial charge in [0.1, 0.15) is 28.6 Å². The Morgan fingerprint density at radius 2 is 1.52 bits per heavy atom. The van der Waals surface area contributed by atoms with Crippen molar-refractivity contribution in [2.45, 2.75) is 12.0 Å². The van der Waals surface area contributed by atoms with Gasteiger partial charge in [-0.15, -0.1) is 0 Å². The molecule has 1 aliphatic rings. The van der Waals surface area contributed by atoms with Crippen LogP contribution in [0.15, 0.2) is 66.7 Å². The zero-order valence-corrected chi connectivity index (χ0v) is 16.6. The summed E-state index contributed by atoms with van der Waals surface area (Å²) in [4.78, 5) is 13.4. The van der Waals surface area contributed by atoms with Crippen molar-refractivity contribution >= 4 is 5.78 Å². The summed E-state index contributed by atoms with van der Waals surface area (Å²) in [6.07, 6.45) is 0.118. The third kappa shape index (κ3) is 3.09. The van der Waals surface area contributed by atoms with E-state index in [4.69, 9.17) is 18.9 Å². The number of fused-ring (bicyclic) bond motifs is 1. The number of benzene rings is 3. The van der Waals surface area contributed by atoms with Gasteiger partial charge in [-0.2, -0.15) is 0 Å². The smallest absolute Gasteiger partial charge is 0.175 e. The number of hydrogen-bond donors (Lipinski definition) is 0. The molecular formula is C24H22O5. The van der Waals surface area contributed by atoms with Gasteiger partial charge in [0.05, 0.1) is 27.8 Å². The molecule has 1 unspecified atom stereocenters. The predicted octanol–water partition coefficient (Wildman–Crippen LogP) is 4.62. The molecular weight excluding hydrogens is 368 g/mol. The molecule has 3 aromatic carbocycles. The number of carbonyl (C=O) groups excluding carboxylic acids is 1. The average molecular weight is 390 g/mol. The normalized spacial score (nSPS) is 17.8. The first-order valence-corrected chi connectivity index (χ1v) is 9.30. The quantitative estimate of drug-likeness (QED) is 0.636. The van der Waals surface area contributed by atoms with Crippen LogP contribution in [0.25, 0.3) is 0 Å². The van der Waals surface area contributed by atoms with E-state index in [0.717, 1.165) is 11.1 Å². The summed E-state index contributed by atoms with van der Waals surface area (Å²) >= 11 is 0. The van der Waals surface area contributed by atoms with Gasteiger partial charge in [-0.1, -0.05) is 48.5 Å². The van der Waals surface area contributed by atoms with E-state index < -0.39 is 5.60 Å². The molecule has 3 aromatic rings. The third-order valence-corrected chi connectivity index (χ3v) is 5.25. The van der Waals surface area contributed by atoms with E-state index in [0.29, 0.717) is 28.6 Å². The van der Waals surface area contributed by atoms with Crippen LogP contribution in [0.5, 0.6) is 23.0 Å². The largest absolute Gasteiger partial charge is 0.496 e. The Morgan fingerprint density at radius 3 is 2.21 bits per heavy atom. The van der Waals surface area contributed by atoms with E-state index in [9.17, 15) is 4.79 Å². The molecule has 0 aliphatic carbocycles. The molecule has 0 aromatic heterocycles. The minimum absolute atomic E-state index is 0.0690. The highest BCUT2D eigenvalue weighted by Gasteiger charge is 2.46. The van der Waals surface area contributed by atoms with E-state index in [1.165, 1.54) is 7.11 Å². The van der Waals surface area contributed by atoms with E-state index in [1.54, 1.807) is 26.4 Å². The van der Waals surface area contributed by atoms with Gasteiger partial charge in [0.25, 0.3) is 0 Å². The number of methoxy groups -OCH3 is 3. The molecule has 0 spiro atoms. The minimum Gasteiger partial charge on any atom is -0.496 e. The summed E-state index contributed by atoms with van der Waals surface area (Å²) in [7, 11) is 4.71. The van der Waals surface area contributed by atoms with Crippen LogP contribution in [0.1, 0.15) is 27.9 Å². The van der Waals surface area contributed by atoms with Gasteiger partial charge in [-0.05, 0) is 6.07 Å². The Labute approximate surface area is 169 Å². The maximum Gasteiger partial charge on any atom is 0.175 e. The molecule has 0 saturated heterocycles. The fourth-order valence-corrected chi connectivity index (χ4v) is 3.89. The summed E-state index contributed by atoms with van der Waals surface area (Å²) < 4.78 is 23.1. The standard InChI is InChI=1S/C24H22O5/c1-26-17-13-21(28-3)23-19(25)15-24(29-22(23)14-17,16-9-5-4-6-10-16)18-11-7-8-12-20(18)27-2/h4-14H,15H2,1-3H3. The highest BCUT2D eigenvalue weighted by atomic mass is 16.5. The summed E-state index contributed by atoms with van der Waals surface area (Å²) in [5.41, 5.74) is 1.05. The molecule has 1 aliphatic heterocycles. The molecule has 1 atom stereocenters. The molecule has 5 nitrogen and oxygen atoms in total. The lowest BCUT2D eigenvalue weighted by Crippen LogP contribution is -2.41. The third-order valence-electron chi connectivity index (χ3n) is 5.25. The average Bonchev–Trinajstić information content (AvgIpc) is 2.78. The maximum atomic E-state index is 13.4. The first-order chi connectivity index (χ1) is 14.1. The number of carbonyl (C=O) groups is 1. The van der Waals surface area contributed by atoms with Crippen LogP contribution in [0.3, 0.4) is 0 Å². The van der Waals surface area contributed by atoms with Crippen LogP contribution in [-0.2, 0) is 5.60 Å². The van der Waals surface area contributed by atoms with Gasteiger partial charge in [0, 0.05) is 23.3 Å². The number of ether oxygens (including phenoxy) is 4. The predicted molar refractivity (Wildman–Crippen MR) is 109 cm³/mol. The molecule has 0 amide bonds. The highest BCUT2D eigenvalue weighted by Crippen LogP contribution is 2.49. The minimum atomic E-state index is -1.03. The Bertz CT molecular complexity index is 1040. The second-order valence-electron chi connectivity index (χ2n) is 6.80. The molecule has 5 heteroatoms. The number of ketones is 1. The monoisotopic (exact) mass is 390 g/mol. The molecule has 0 N–H and O–H groups in total. The zero-order chi connectivity index (χ0) is 20.4. The van der Waals surface area contributed by atoms with Crippen molar-refractivity contribution in [1.29, 1.82) is 0 Å². The summed E-state index contributed by atoms with van der Waals surface area (Å²) in [6.45, 7) is 0. The molecule has 148 valence electrons. The maximum absolute atomic E-state index is 13.4. The topological polar surface area (TPSA) is 54.0 Å².